The Hall–Kier alpha value is -2.65. The van der Waals surface area contributed by atoms with E-state index in [-0.39, 0.29) is 31.8 Å². The molecule has 0 radical (unpaired) electrons. The minimum Gasteiger partial charge on any atom is -0.480 e. The van der Waals surface area contributed by atoms with Crippen LogP contribution < -0.4 is 9.47 Å². The van der Waals surface area contributed by atoms with Gasteiger partial charge < -0.3 is 24.2 Å². The normalized spacial score (nSPS) is 21.2. The molecule has 0 aliphatic carbocycles. The topological polar surface area (TPSA) is 98.2 Å². The molecule has 0 saturated carbocycles. The lowest BCUT2D eigenvalue weighted by molar-refractivity contribution is -0.141. The molecule has 0 spiro atoms. The predicted molar refractivity (Wildman–Crippen MR) is 91.5 cm³/mol. The number of methoxy groups -OCH3 is 1. The molecule has 1 fully saturated rings. The van der Waals surface area contributed by atoms with Gasteiger partial charge in [-0.1, -0.05) is 0 Å². The van der Waals surface area contributed by atoms with Crippen LogP contribution in [0.15, 0.2) is 24.4 Å². The van der Waals surface area contributed by atoms with Crippen molar-refractivity contribution in [2.75, 3.05) is 20.4 Å². The molecule has 1 amide bonds. The summed E-state index contributed by atoms with van der Waals surface area (Å²) in [5.74, 6) is -0.0626. The minimum atomic E-state index is -1.03. The van der Waals surface area contributed by atoms with Crippen molar-refractivity contribution >= 4 is 23.2 Å². The summed E-state index contributed by atoms with van der Waals surface area (Å²) >= 11 is 1.22. The standard InChI is InChI=1S/C17H16N2O6S/c1-23-10-5-11(17(21)22)19(7-10)16(20)14-6-18-15(26-14)9-2-3-12-13(4-9)25-8-24-12/h2-4,6,10-11H,5,7-8H2,1H3,(H,21,22). The van der Waals surface area contributed by atoms with Crippen LogP contribution in [0.4, 0.5) is 0 Å². The molecule has 1 aromatic heterocycles. The third-order valence-electron chi connectivity index (χ3n) is 4.48. The lowest BCUT2D eigenvalue weighted by Gasteiger charge is -2.20. The number of carbonyl (C=O) groups is 2. The van der Waals surface area contributed by atoms with Gasteiger partial charge in [0.05, 0.1) is 12.3 Å². The van der Waals surface area contributed by atoms with E-state index < -0.39 is 12.0 Å². The Morgan fingerprint density at radius 1 is 1.35 bits per heavy atom. The van der Waals surface area contributed by atoms with Crippen molar-refractivity contribution < 1.29 is 28.9 Å². The number of amides is 1. The van der Waals surface area contributed by atoms with Crippen LogP contribution in [-0.4, -0.2) is 59.5 Å². The lowest BCUT2D eigenvalue weighted by atomic mass is 10.2. The van der Waals surface area contributed by atoms with Crippen LogP contribution in [0.1, 0.15) is 16.1 Å². The third kappa shape index (κ3) is 2.89. The lowest BCUT2D eigenvalue weighted by Crippen LogP contribution is -2.40. The van der Waals surface area contributed by atoms with Gasteiger partial charge in [0.15, 0.2) is 11.5 Å². The maximum absolute atomic E-state index is 12.8. The zero-order chi connectivity index (χ0) is 18.3. The Morgan fingerprint density at radius 2 is 2.15 bits per heavy atom. The summed E-state index contributed by atoms with van der Waals surface area (Å²) in [6.07, 6.45) is 1.48. The first-order valence-corrected chi connectivity index (χ1v) is 8.81. The summed E-state index contributed by atoms with van der Waals surface area (Å²) in [5, 5.41) is 10.0. The Labute approximate surface area is 152 Å². The molecule has 4 rings (SSSR count). The summed E-state index contributed by atoms with van der Waals surface area (Å²) in [5.41, 5.74) is 0.810. The van der Waals surface area contributed by atoms with Crippen molar-refractivity contribution in [2.24, 2.45) is 0 Å². The van der Waals surface area contributed by atoms with Crippen molar-refractivity contribution in [3.8, 4) is 22.1 Å². The van der Waals surface area contributed by atoms with E-state index in [1.54, 1.807) is 6.07 Å². The molecule has 136 valence electrons. The van der Waals surface area contributed by atoms with Crippen LogP contribution in [0.5, 0.6) is 11.5 Å². The zero-order valence-corrected chi connectivity index (χ0v) is 14.7. The predicted octanol–water partition coefficient (Wildman–Crippen LogP) is 1.85. The Kier molecular flexibility index (Phi) is 4.25. The van der Waals surface area contributed by atoms with Gasteiger partial charge in [0, 0.05) is 25.6 Å². The molecule has 1 saturated heterocycles. The number of aromatic nitrogens is 1. The summed E-state index contributed by atoms with van der Waals surface area (Å²) in [6.45, 7) is 0.441. The highest BCUT2D eigenvalue weighted by Gasteiger charge is 2.40. The minimum absolute atomic E-state index is 0.187. The van der Waals surface area contributed by atoms with Crippen LogP contribution in [0, 0.1) is 0 Å². The fourth-order valence-electron chi connectivity index (χ4n) is 3.10. The number of nitrogens with zero attached hydrogens (tertiary/aromatic N) is 2. The molecule has 2 aliphatic rings. The fourth-order valence-corrected chi connectivity index (χ4v) is 3.97. The summed E-state index contributed by atoms with van der Waals surface area (Å²) in [4.78, 5) is 30.3. The van der Waals surface area contributed by atoms with Crippen molar-refractivity contribution in [2.45, 2.75) is 18.6 Å². The summed E-state index contributed by atoms with van der Waals surface area (Å²) < 4.78 is 15.9. The highest BCUT2D eigenvalue weighted by atomic mass is 32.1. The van der Waals surface area contributed by atoms with Gasteiger partial charge in [-0.05, 0) is 18.2 Å². The maximum Gasteiger partial charge on any atom is 0.326 e. The van der Waals surface area contributed by atoms with Crippen molar-refractivity contribution in [3.05, 3.63) is 29.3 Å². The number of carboxylic acid groups (broad SMARTS) is 1. The first-order valence-electron chi connectivity index (χ1n) is 7.99. The highest BCUT2D eigenvalue weighted by Crippen LogP contribution is 2.37. The van der Waals surface area contributed by atoms with E-state index in [1.807, 2.05) is 12.1 Å². The van der Waals surface area contributed by atoms with Gasteiger partial charge in [-0.3, -0.25) is 4.79 Å². The van der Waals surface area contributed by atoms with Crippen LogP contribution in [0.25, 0.3) is 10.6 Å². The average Bonchev–Trinajstić information content (AvgIpc) is 3.38. The van der Waals surface area contributed by atoms with Crippen molar-refractivity contribution in [3.63, 3.8) is 0 Å². The number of aliphatic carboxylic acids is 1. The first kappa shape index (κ1) is 16.8. The van der Waals surface area contributed by atoms with Crippen LogP contribution in [0.2, 0.25) is 0 Å². The van der Waals surface area contributed by atoms with E-state index in [1.165, 1.54) is 29.5 Å². The molecular weight excluding hydrogens is 360 g/mol. The average molecular weight is 376 g/mol. The van der Waals surface area contributed by atoms with E-state index in [0.29, 0.717) is 21.4 Å². The molecule has 1 aromatic carbocycles. The first-order chi connectivity index (χ1) is 12.6. The van der Waals surface area contributed by atoms with Gasteiger partial charge in [0.25, 0.3) is 5.91 Å². The van der Waals surface area contributed by atoms with Crippen LogP contribution in [-0.2, 0) is 9.53 Å². The van der Waals surface area contributed by atoms with E-state index in [9.17, 15) is 14.7 Å². The molecule has 0 bridgehead atoms. The smallest absolute Gasteiger partial charge is 0.326 e. The second-order valence-corrected chi connectivity index (χ2v) is 7.03. The molecule has 2 unspecified atom stereocenters. The molecular formula is C17H16N2O6S. The molecule has 3 heterocycles. The van der Waals surface area contributed by atoms with Crippen LogP contribution >= 0.6 is 11.3 Å². The zero-order valence-electron chi connectivity index (χ0n) is 13.9. The number of benzene rings is 1. The van der Waals surface area contributed by atoms with Gasteiger partial charge >= 0.3 is 5.97 Å². The number of fused-ring (bicyclic) bond motifs is 1. The third-order valence-corrected chi connectivity index (χ3v) is 5.51. The van der Waals surface area contributed by atoms with Gasteiger partial charge in [-0.25, -0.2) is 9.78 Å². The number of carbonyl (C=O) groups excluding carboxylic acids is 1. The Morgan fingerprint density at radius 3 is 2.92 bits per heavy atom. The highest BCUT2D eigenvalue weighted by molar-refractivity contribution is 7.16. The molecule has 2 aliphatic heterocycles. The van der Waals surface area contributed by atoms with Crippen molar-refractivity contribution in [1.29, 1.82) is 0 Å². The van der Waals surface area contributed by atoms with Crippen molar-refractivity contribution in [1.82, 2.24) is 9.88 Å². The second-order valence-electron chi connectivity index (χ2n) is 6.00. The molecule has 8 nitrogen and oxygen atoms in total. The van der Waals surface area contributed by atoms with E-state index >= 15 is 0 Å². The maximum atomic E-state index is 12.8. The van der Waals surface area contributed by atoms with Gasteiger partial charge in [-0.15, -0.1) is 11.3 Å². The van der Waals surface area contributed by atoms with E-state index in [2.05, 4.69) is 4.98 Å². The Bertz CT molecular complexity index is 867. The molecule has 9 heteroatoms. The van der Waals surface area contributed by atoms with Gasteiger partial charge in [-0.2, -0.15) is 0 Å². The molecule has 1 N–H and O–H groups in total. The van der Waals surface area contributed by atoms with E-state index in [0.717, 1.165) is 5.56 Å². The summed E-state index contributed by atoms with van der Waals surface area (Å²) in [6, 6.07) is 4.57. The quantitative estimate of drug-likeness (QED) is 0.869. The Balaban J connectivity index is 1.57. The summed E-state index contributed by atoms with van der Waals surface area (Å²) in [7, 11) is 1.52. The largest absolute Gasteiger partial charge is 0.480 e. The van der Waals surface area contributed by atoms with E-state index in [4.69, 9.17) is 14.2 Å². The SMILES string of the molecule is COC1CC(C(=O)O)N(C(=O)c2cnc(-c3ccc4c(c3)OCO4)s2)C1. The second kappa shape index (κ2) is 6.58. The van der Waals surface area contributed by atoms with Gasteiger partial charge in [0.1, 0.15) is 15.9 Å². The van der Waals surface area contributed by atoms with Gasteiger partial charge in [0.2, 0.25) is 6.79 Å². The fraction of sp³-hybridized carbons (Fsp3) is 0.353. The molecule has 2 atom stereocenters. The number of hydrogen-bond donors (Lipinski definition) is 1. The molecule has 2 aromatic rings. The number of carboxylic acids is 1. The molecule has 26 heavy (non-hydrogen) atoms. The monoisotopic (exact) mass is 376 g/mol. The van der Waals surface area contributed by atoms with Crippen LogP contribution in [0.3, 0.4) is 0 Å². The number of rotatable bonds is 4. The number of thiazole rings is 1. The number of hydrogen-bond acceptors (Lipinski definition) is 7. The number of ether oxygens (including phenoxy) is 3. The number of likely N-dealkylation sites (tertiary alicyclic amines) is 1.